The molecule has 0 bridgehead atoms. The van der Waals surface area contributed by atoms with Gasteiger partial charge in [-0.2, -0.15) is 0 Å². The number of ether oxygens (including phenoxy) is 1. The summed E-state index contributed by atoms with van der Waals surface area (Å²) >= 11 is 8.69. The molecule has 1 saturated heterocycles. The minimum atomic E-state index is -0.886. The van der Waals surface area contributed by atoms with Crippen molar-refractivity contribution in [1.82, 2.24) is 4.90 Å². The molecule has 1 aliphatic heterocycles. The average molecular weight is 369 g/mol. The van der Waals surface area contributed by atoms with Gasteiger partial charge >= 0.3 is 0 Å². The molecule has 2 unspecified atom stereocenters. The van der Waals surface area contributed by atoms with Gasteiger partial charge in [0.1, 0.15) is 17.2 Å². The van der Waals surface area contributed by atoms with Crippen molar-refractivity contribution in [2.75, 3.05) is 19.0 Å². The van der Waals surface area contributed by atoms with Gasteiger partial charge in [-0.15, -0.1) is 11.6 Å². The highest BCUT2D eigenvalue weighted by Gasteiger charge is 2.32. The molecule has 0 saturated carbocycles. The molecule has 1 amide bonds. The van der Waals surface area contributed by atoms with E-state index in [2.05, 4.69) is 15.9 Å². The summed E-state index contributed by atoms with van der Waals surface area (Å²) in [4.78, 5) is 13.8. The van der Waals surface area contributed by atoms with Crippen LogP contribution in [0.25, 0.3) is 0 Å². The highest BCUT2D eigenvalue weighted by Crippen LogP contribution is 2.23. The van der Waals surface area contributed by atoms with E-state index in [1.807, 2.05) is 0 Å². The van der Waals surface area contributed by atoms with E-state index in [1.54, 1.807) is 6.92 Å². The minimum Gasteiger partial charge on any atom is -0.373 e. The second kappa shape index (κ2) is 6.37. The Labute approximate surface area is 129 Å². The molecule has 2 rings (SSSR count). The van der Waals surface area contributed by atoms with Crippen LogP contribution >= 0.6 is 27.5 Å². The zero-order valence-corrected chi connectivity index (χ0v) is 13.0. The molecular formula is C13H13BrClF2NO2. The molecule has 2 atom stereocenters. The van der Waals surface area contributed by atoms with Gasteiger partial charge in [-0.25, -0.2) is 8.78 Å². The normalized spacial score (nSPS) is 22.9. The number of halogens is 4. The number of alkyl halides is 1. The average Bonchev–Trinajstić information content (AvgIpc) is 2.37. The molecule has 0 aromatic heterocycles. The summed E-state index contributed by atoms with van der Waals surface area (Å²) in [6, 6.07) is 1.88. The van der Waals surface area contributed by atoms with Crippen molar-refractivity contribution in [3.05, 3.63) is 33.8 Å². The summed E-state index contributed by atoms with van der Waals surface area (Å²) in [5, 5.41) is 0. The predicted molar refractivity (Wildman–Crippen MR) is 75.0 cm³/mol. The summed E-state index contributed by atoms with van der Waals surface area (Å²) in [7, 11) is 0. The Morgan fingerprint density at radius 3 is 2.65 bits per heavy atom. The van der Waals surface area contributed by atoms with Gasteiger partial charge in [0.2, 0.25) is 0 Å². The van der Waals surface area contributed by atoms with Crippen molar-refractivity contribution in [3.8, 4) is 0 Å². The lowest BCUT2D eigenvalue weighted by atomic mass is 10.1. The zero-order chi connectivity index (χ0) is 14.9. The molecular weight excluding hydrogens is 356 g/mol. The summed E-state index contributed by atoms with van der Waals surface area (Å²) in [5.41, 5.74) is -0.546. The first-order valence-corrected chi connectivity index (χ1v) is 7.40. The van der Waals surface area contributed by atoms with Crippen LogP contribution in [0.15, 0.2) is 16.6 Å². The number of nitrogens with zero attached hydrogens (tertiary/aromatic N) is 1. The number of amides is 1. The van der Waals surface area contributed by atoms with Crippen LogP contribution in [0, 0.1) is 11.6 Å². The molecule has 1 fully saturated rings. The lowest BCUT2D eigenvalue weighted by molar-refractivity contribution is -0.0374. The van der Waals surface area contributed by atoms with Crippen molar-refractivity contribution in [2.24, 2.45) is 0 Å². The number of rotatable bonds is 2. The highest BCUT2D eigenvalue weighted by molar-refractivity contribution is 9.10. The van der Waals surface area contributed by atoms with E-state index >= 15 is 0 Å². The third-order valence-electron chi connectivity index (χ3n) is 3.16. The Morgan fingerprint density at radius 2 is 2.10 bits per heavy atom. The maximum atomic E-state index is 13.8. The lowest BCUT2D eigenvalue weighted by Gasteiger charge is -2.37. The lowest BCUT2D eigenvalue weighted by Crippen LogP contribution is -2.51. The number of carbonyl (C=O) groups is 1. The molecule has 1 aromatic rings. The Balaban J connectivity index is 2.30. The molecule has 1 heterocycles. The Morgan fingerprint density at radius 1 is 1.50 bits per heavy atom. The van der Waals surface area contributed by atoms with E-state index in [-0.39, 0.29) is 29.0 Å². The molecule has 3 nitrogen and oxygen atoms in total. The van der Waals surface area contributed by atoms with Crippen molar-refractivity contribution in [3.63, 3.8) is 0 Å². The van der Waals surface area contributed by atoms with Gasteiger partial charge in [0.15, 0.2) is 0 Å². The number of morpholine rings is 1. The summed E-state index contributed by atoms with van der Waals surface area (Å²) < 4.78 is 33.4. The molecule has 0 spiro atoms. The molecule has 0 N–H and O–H groups in total. The van der Waals surface area contributed by atoms with E-state index < -0.39 is 23.1 Å². The van der Waals surface area contributed by atoms with Gasteiger partial charge in [0.05, 0.1) is 24.6 Å². The van der Waals surface area contributed by atoms with Crippen molar-refractivity contribution in [1.29, 1.82) is 0 Å². The van der Waals surface area contributed by atoms with E-state index in [0.717, 1.165) is 12.1 Å². The number of benzene rings is 1. The van der Waals surface area contributed by atoms with Crippen LogP contribution < -0.4 is 0 Å². The molecule has 0 aliphatic carbocycles. The second-order valence-electron chi connectivity index (χ2n) is 4.66. The largest absolute Gasteiger partial charge is 0.373 e. The van der Waals surface area contributed by atoms with Gasteiger partial charge in [0, 0.05) is 11.0 Å². The smallest absolute Gasteiger partial charge is 0.260 e. The maximum absolute atomic E-state index is 13.8. The first-order chi connectivity index (χ1) is 9.43. The van der Waals surface area contributed by atoms with E-state index in [9.17, 15) is 13.6 Å². The van der Waals surface area contributed by atoms with Crippen LogP contribution in [-0.2, 0) is 4.74 Å². The monoisotopic (exact) mass is 367 g/mol. The predicted octanol–water partition coefficient (Wildman–Crippen LogP) is 3.20. The Hall–Kier alpha value is -0.720. The maximum Gasteiger partial charge on any atom is 0.260 e. The van der Waals surface area contributed by atoms with Crippen LogP contribution in [0.1, 0.15) is 17.3 Å². The second-order valence-corrected chi connectivity index (χ2v) is 5.88. The van der Waals surface area contributed by atoms with Crippen molar-refractivity contribution < 1.29 is 18.3 Å². The topological polar surface area (TPSA) is 29.5 Å². The SMILES string of the molecule is CC1COC(CCl)CN1C(=O)c1c(F)cc(Br)cc1F. The van der Waals surface area contributed by atoms with E-state index in [4.69, 9.17) is 16.3 Å². The first-order valence-electron chi connectivity index (χ1n) is 6.07. The van der Waals surface area contributed by atoms with Crippen molar-refractivity contribution >= 4 is 33.4 Å². The molecule has 20 heavy (non-hydrogen) atoms. The molecule has 1 aromatic carbocycles. The third kappa shape index (κ3) is 3.13. The molecule has 110 valence electrons. The molecule has 0 radical (unpaired) electrons. The fourth-order valence-corrected chi connectivity index (χ4v) is 2.67. The summed E-state index contributed by atoms with van der Waals surface area (Å²) in [6.45, 7) is 2.28. The van der Waals surface area contributed by atoms with Crippen LogP contribution in [-0.4, -0.2) is 42.0 Å². The fraction of sp³-hybridized carbons (Fsp3) is 0.462. The van der Waals surface area contributed by atoms with Crippen LogP contribution in [0.2, 0.25) is 0 Å². The summed E-state index contributed by atoms with van der Waals surface area (Å²) in [6.07, 6.45) is -0.321. The Bertz CT molecular complexity index is 506. The Kier molecular flexibility index (Phi) is 4.99. The van der Waals surface area contributed by atoms with Gasteiger partial charge in [-0.05, 0) is 19.1 Å². The van der Waals surface area contributed by atoms with E-state index in [0.29, 0.717) is 6.61 Å². The van der Waals surface area contributed by atoms with E-state index in [1.165, 1.54) is 4.90 Å². The first kappa shape index (κ1) is 15.7. The van der Waals surface area contributed by atoms with Crippen molar-refractivity contribution in [2.45, 2.75) is 19.1 Å². The number of hydrogen-bond donors (Lipinski definition) is 0. The minimum absolute atomic E-state index is 0.221. The summed E-state index contributed by atoms with van der Waals surface area (Å²) in [5.74, 6) is -2.23. The van der Waals surface area contributed by atoms with Gasteiger partial charge < -0.3 is 9.64 Å². The van der Waals surface area contributed by atoms with Gasteiger partial charge in [-0.3, -0.25) is 4.79 Å². The highest BCUT2D eigenvalue weighted by atomic mass is 79.9. The van der Waals surface area contributed by atoms with Crippen LogP contribution in [0.3, 0.4) is 0 Å². The van der Waals surface area contributed by atoms with Gasteiger partial charge in [0.25, 0.3) is 5.91 Å². The number of carbonyl (C=O) groups excluding carboxylic acids is 1. The quantitative estimate of drug-likeness (QED) is 0.750. The third-order valence-corrected chi connectivity index (χ3v) is 3.96. The van der Waals surface area contributed by atoms with Gasteiger partial charge in [-0.1, -0.05) is 15.9 Å². The molecule has 7 heteroatoms. The van der Waals surface area contributed by atoms with Crippen LogP contribution in [0.5, 0.6) is 0 Å². The molecule has 1 aliphatic rings. The standard InChI is InChI=1S/C13H13BrClF2NO2/c1-7-6-20-9(4-15)5-18(7)13(19)12-10(16)2-8(14)3-11(12)17/h2-3,7,9H,4-6H2,1H3. The zero-order valence-electron chi connectivity index (χ0n) is 10.7. The van der Waals surface area contributed by atoms with Crippen LogP contribution in [0.4, 0.5) is 8.78 Å². The number of hydrogen-bond acceptors (Lipinski definition) is 2. The fourth-order valence-electron chi connectivity index (χ4n) is 2.08.